The summed E-state index contributed by atoms with van der Waals surface area (Å²) in [7, 11) is 1.54. The molecule has 0 spiro atoms. The number of benzene rings is 1. The molecule has 1 amide bonds. The van der Waals surface area contributed by atoms with Crippen molar-refractivity contribution in [2.75, 3.05) is 13.6 Å². The van der Waals surface area contributed by atoms with Crippen LogP contribution in [0.15, 0.2) is 24.3 Å². The van der Waals surface area contributed by atoms with Gasteiger partial charge < -0.3 is 10.0 Å². The summed E-state index contributed by atoms with van der Waals surface area (Å²) in [4.78, 5) is 24.4. The van der Waals surface area contributed by atoms with Crippen LogP contribution in [0.25, 0.3) is 5.69 Å². The molecule has 0 unspecified atom stereocenters. The van der Waals surface area contributed by atoms with Crippen molar-refractivity contribution in [1.82, 2.24) is 19.9 Å². The van der Waals surface area contributed by atoms with E-state index in [4.69, 9.17) is 16.7 Å². The number of carbonyl (C=O) groups is 2. The van der Waals surface area contributed by atoms with Crippen LogP contribution in [-0.2, 0) is 11.2 Å². The standard InChI is InChI=1S/C15H17ClN4O3/c1-3-12-14(15(23)19(2)8-7-13(21)22)17-18-20(12)11-6-4-5-10(16)9-11/h4-6,9H,3,7-8H2,1-2H3,(H,21,22). The highest BCUT2D eigenvalue weighted by Gasteiger charge is 2.22. The second-order valence-electron chi connectivity index (χ2n) is 5.00. The van der Waals surface area contributed by atoms with E-state index in [1.807, 2.05) is 13.0 Å². The van der Waals surface area contributed by atoms with E-state index >= 15 is 0 Å². The number of nitrogens with zero attached hydrogens (tertiary/aromatic N) is 4. The van der Waals surface area contributed by atoms with Gasteiger partial charge in [-0.2, -0.15) is 0 Å². The van der Waals surface area contributed by atoms with Crippen LogP contribution in [-0.4, -0.2) is 50.5 Å². The Morgan fingerprint density at radius 2 is 2.13 bits per heavy atom. The number of amides is 1. The first-order valence-corrected chi connectivity index (χ1v) is 7.49. The Morgan fingerprint density at radius 3 is 2.74 bits per heavy atom. The minimum Gasteiger partial charge on any atom is -0.481 e. The van der Waals surface area contributed by atoms with Gasteiger partial charge in [0, 0.05) is 18.6 Å². The molecule has 0 saturated carbocycles. The maximum absolute atomic E-state index is 12.4. The molecule has 1 heterocycles. The van der Waals surface area contributed by atoms with E-state index in [-0.39, 0.29) is 24.6 Å². The SMILES string of the molecule is CCc1c(C(=O)N(C)CCC(=O)O)nnn1-c1cccc(Cl)c1. The lowest BCUT2D eigenvalue weighted by atomic mass is 10.2. The van der Waals surface area contributed by atoms with Gasteiger partial charge in [-0.15, -0.1) is 5.10 Å². The van der Waals surface area contributed by atoms with Gasteiger partial charge in [-0.3, -0.25) is 9.59 Å². The highest BCUT2D eigenvalue weighted by molar-refractivity contribution is 6.30. The lowest BCUT2D eigenvalue weighted by Gasteiger charge is -2.15. The van der Waals surface area contributed by atoms with Crippen molar-refractivity contribution in [3.8, 4) is 5.69 Å². The Labute approximate surface area is 138 Å². The number of carbonyl (C=O) groups excluding carboxylic acids is 1. The number of rotatable bonds is 6. The minimum absolute atomic E-state index is 0.112. The van der Waals surface area contributed by atoms with Crippen LogP contribution < -0.4 is 0 Å². The first-order valence-electron chi connectivity index (χ1n) is 7.11. The molecule has 8 heteroatoms. The fraction of sp³-hybridized carbons (Fsp3) is 0.333. The Hall–Kier alpha value is -2.41. The number of carboxylic acid groups (broad SMARTS) is 1. The first kappa shape index (κ1) is 17.0. The van der Waals surface area contributed by atoms with Gasteiger partial charge in [-0.25, -0.2) is 4.68 Å². The van der Waals surface area contributed by atoms with Crippen molar-refractivity contribution < 1.29 is 14.7 Å². The lowest BCUT2D eigenvalue weighted by Crippen LogP contribution is -2.30. The predicted molar refractivity (Wildman–Crippen MR) is 85.0 cm³/mol. The van der Waals surface area contributed by atoms with E-state index in [1.54, 1.807) is 29.9 Å². The fourth-order valence-corrected chi connectivity index (χ4v) is 2.33. The molecule has 0 atom stereocenters. The monoisotopic (exact) mass is 336 g/mol. The molecular formula is C15H17ClN4O3. The highest BCUT2D eigenvalue weighted by Crippen LogP contribution is 2.18. The smallest absolute Gasteiger partial charge is 0.305 e. The van der Waals surface area contributed by atoms with Gasteiger partial charge in [0.25, 0.3) is 5.91 Å². The molecule has 23 heavy (non-hydrogen) atoms. The second-order valence-corrected chi connectivity index (χ2v) is 5.44. The van der Waals surface area contributed by atoms with Gasteiger partial charge in [0.15, 0.2) is 5.69 Å². The zero-order chi connectivity index (χ0) is 17.0. The number of hydrogen-bond donors (Lipinski definition) is 1. The van der Waals surface area contributed by atoms with E-state index in [1.165, 1.54) is 4.90 Å². The second kappa shape index (κ2) is 7.23. The topological polar surface area (TPSA) is 88.3 Å². The molecule has 122 valence electrons. The lowest BCUT2D eigenvalue weighted by molar-refractivity contribution is -0.137. The molecule has 0 radical (unpaired) electrons. The predicted octanol–water partition coefficient (Wildman–Crippen LogP) is 2.03. The third-order valence-corrected chi connectivity index (χ3v) is 3.60. The minimum atomic E-state index is -0.956. The molecule has 0 fully saturated rings. The molecule has 1 N–H and O–H groups in total. The van der Waals surface area contributed by atoms with Crippen LogP contribution in [0.5, 0.6) is 0 Å². The Balaban J connectivity index is 2.30. The van der Waals surface area contributed by atoms with E-state index in [0.29, 0.717) is 22.8 Å². The van der Waals surface area contributed by atoms with Crippen molar-refractivity contribution in [1.29, 1.82) is 0 Å². The maximum Gasteiger partial charge on any atom is 0.305 e. The summed E-state index contributed by atoms with van der Waals surface area (Å²) >= 11 is 5.99. The number of aromatic nitrogens is 3. The quantitative estimate of drug-likeness (QED) is 0.872. The molecule has 0 aliphatic rings. The first-order chi connectivity index (χ1) is 10.9. The molecule has 1 aromatic heterocycles. The summed E-state index contributed by atoms with van der Waals surface area (Å²) in [6.45, 7) is 2.01. The van der Waals surface area contributed by atoms with Crippen molar-refractivity contribution in [2.24, 2.45) is 0 Å². The average Bonchev–Trinajstić information content (AvgIpc) is 2.95. The molecule has 1 aromatic carbocycles. The van der Waals surface area contributed by atoms with Crippen molar-refractivity contribution in [3.63, 3.8) is 0 Å². The Morgan fingerprint density at radius 1 is 1.39 bits per heavy atom. The summed E-state index contributed by atoms with van der Waals surface area (Å²) in [5.74, 6) is -1.31. The van der Waals surface area contributed by atoms with E-state index in [0.717, 1.165) is 0 Å². The summed E-state index contributed by atoms with van der Waals surface area (Å²) in [5, 5.41) is 17.3. The number of hydrogen-bond acceptors (Lipinski definition) is 4. The summed E-state index contributed by atoms with van der Waals surface area (Å²) in [6.07, 6.45) is 0.430. The molecule has 0 bridgehead atoms. The number of aliphatic carboxylic acids is 1. The van der Waals surface area contributed by atoms with Crippen LogP contribution in [0.4, 0.5) is 0 Å². The molecule has 7 nitrogen and oxygen atoms in total. The molecule has 0 aliphatic heterocycles. The third-order valence-electron chi connectivity index (χ3n) is 3.36. The van der Waals surface area contributed by atoms with Gasteiger partial charge in [0.1, 0.15) is 0 Å². The van der Waals surface area contributed by atoms with E-state index in [2.05, 4.69) is 10.3 Å². The van der Waals surface area contributed by atoms with Gasteiger partial charge in [-0.05, 0) is 24.6 Å². The number of carboxylic acids is 1. The average molecular weight is 337 g/mol. The largest absolute Gasteiger partial charge is 0.481 e. The molecular weight excluding hydrogens is 320 g/mol. The van der Waals surface area contributed by atoms with Gasteiger partial charge >= 0.3 is 5.97 Å². The summed E-state index contributed by atoms with van der Waals surface area (Å²) in [5.41, 5.74) is 1.59. The van der Waals surface area contributed by atoms with Crippen LogP contribution >= 0.6 is 11.6 Å². The highest BCUT2D eigenvalue weighted by atomic mass is 35.5. The maximum atomic E-state index is 12.4. The normalized spacial score (nSPS) is 10.6. The summed E-state index contributed by atoms with van der Waals surface area (Å²) in [6, 6.07) is 7.10. The number of halogens is 1. The van der Waals surface area contributed by atoms with Crippen LogP contribution in [0.1, 0.15) is 29.5 Å². The van der Waals surface area contributed by atoms with E-state index in [9.17, 15) is 9.59 Å². The van der Waals surface area contributed by atoms with E-state index < -0.39 is 5.97 Å². The zero-order valence-electron chi connectivity index (χ0n) is 12.9. The van der Waals surface area contributed by atoms with Crippen molar-refractivity contribution >= 4 is 23.5 Å². The van der Waals surface area contributed by atoms with Gasteiger partial charge in [0.05, 0.1) is 17.8 Å². The van der Waals surface area contributed by atoms with Gasteiger partial charge in [0.2, 0.25) is 0 Å². The Bertz CT molecular complexity index is 729. The van der Waals surface area contributed by atoms with Crippen LogP contribution in [0.2, 0.25) is 5.02 Å². The molecule has 0 aliphatic carbocycles. The molecule has 2 rings (SSSR count). The third kappa shape index (κ3) is 3.87. The van der Waals surface area contributed by atoms with Crippen LogP contribution in [0, 0.1) is 0 Å². The molecule has 0 saturated heterocycles. The van der Waals surface area contributed by atoms with Crippen molar-refractivity contribution in [2.45, 2.75) is 19.8 Å². The van der Waals surface area contributed by atoms with Crippen LogP contribution in [0.3, 0.4) is 0 Å². The molecule has 2 aromatic rings. The van der Waals surface area contributed by atoms with Gasteiger partial charge in [-0.1, -0.05) is 29.8 Å². The zero-order valence-corrected chi connectivity index (χ0v) is 13.6. The van der Waals surface area contributed by atoms with Crippen molar-refractivity contribution in [3.05, 3.63) is 40.7 Å². The summed E-state index contributed by atoms with van der Waals surface area (Å²) < 4.78 is 1.57. The fourth-order valence-electron chi connectivity index (χ4n) is 2.15. The Kier molecular flexibility index (Phi) is 5.33.